The molecule has 100 valence electrons. The Kier molecular flexibility index (Phi) is 4.01. The van der Waals surface area contributed by atoms with E-state index in [2.05, 4.69) is 5.32 Å². The molecule has 1 heterocycles. The van der Waals surface area contributed by atoms with Crippen LogP contribution in [-0.4, -0.2) is 44.6 Å². The third-order valence-corrected chi connectivity index (χ3v) is 5.14. The summed E-state index contributed by atoms with van der Waals surface area (Å²) in [5.41, 5.74) is 1.95. The van der Waals surface area contributed by atoms with Crippen LogP contribution in [0.5, 0.6) is 0 Å². The van der Waals surface area contributed by atoms with Gasteiger partial charge in [0.05, 0.1) is 11.5 Å². The van der Waals surface area contributed by atoms with Crippen LogP contribution in [0.3, 0.4) is 0 Å². The van der Waals surface area contributed by atoms with Crippen LogP contribution in [0.15, 0.2) is 23.1 Å². The van der Waals surface area contributed by atoms with Crippen molar-refractivity contribution in [1.82, 2.24) is 9.62 Å². The van der Waals surface area contributed by atoms with Crippen molar-refractivity contribution in [2.75, 3.05) is 26.7 Å². The molecule has 2 rings (SSSR count). The van der Waals surface area contributed by atoms with Gasteiger partial charge in [-0.1, -0.05) is 12.1 Å². The van der Waals surface area contributed by atoms with Gasteiger partial charge < -0.3 is 10.4 Å². The van der Waals surface area contributed by atoms with Crippen molar-refractivity contribution in [3.05, 3.63) is 29.3 Å². The van der Waals surface area contributed by atoms with E-state index in [0.717, 1.165) is 24.1 Å². The summed E-state index contributed by atoms with van der Waals surface area (Å²) >= 11 is 0. The van der Waals surface area contributed by atoms with Gasteiger partial charge in [-0.3, -0.25) is 0 Å². The summed E-state index contributed by atoms with van der Waals surface area (Å²) in [6.45, 7) is 1.45. The first-order chi connectivity index (χ1) is 8.57. The summed E-state index contributed by atoms with van der Waals surface area (Å²) in [5, 5.41) is 12.1. The number of benzene rings is 1. The topological polar surface area (TPSA) is 69.6 Å². The second-order valence-corrected chi connectivity index (χ2v) is 6.38. The lowest BCUT2D eigenvalue weighted by molar-refractivity contribution is 0.266. The number of aliphatic hydroxyl groups excluding tert-OH is 1. The Morgan fingerprint density at radius 3 is 2.94 bits per heavy atom. The molecule has 0 saturated carbocycles. The first-order valence-corrected chi connectivity index (χ1v) is 7.40. The number of nitrogens with zero attached hydrogens (tertiary/aromatic N) is 1. The van der Waals surface area contributed by atoms with E-state index in [0.29, 0.717) is 11.4 Å². The number of rotatable bonds is 4. The van der Waals surface area contributed by atoms with Gasteiger partial charge in [-0.2, -0.15) is 4.31 Å². The molecular weight excluding hydrogens is 252 g/mol. The molecule has 18 heavy (non-hydrogen) atoms. The number of hydrogen-bond donors (Lipinski definition) is 2. The lowest BCUT2D eigenvalue weighted by Gasteiger charge is -2.23. The van der Waals surface area contributed by atoms with Gasteiger partial charge in [-0.15, -0.1) is 0 Å². The smallest absolute Gasteiger partial charge is 0.243 e. The van der Waals surface area contributed by atoms with Gasteiger partial charge in [0.2, 0.25) is 10.0 Å². The largest absolute Gasteiger partial charge is 0.395 e. The standard InChI is InChI=1S/C12H18N2O3S/c1-14(7-8-15)18(16,17)12-4-2-3-10-9-13-6-5-11(10)12/h2-4,13,15H,5-9H2,1H3. The Labute approximate surface area is 107 Å². The highest BCUT2D eigenvalue weighted by molar-refractivity contribution is 7.89. The second kappa shape index (κ2) is 5.36. The molecule has 0 spiro atoms. The summed E-state index contributed by atoms with van der Waals surface area (Å²) in [4.78, 5) is 0.373. The quantitative estimate of drug-likeness (QED) is 0.804. The number of hydrogen-bond acceptors (Lipinski definition) is 4. The fourth-order valence-electron chi connectivity index (χ4n) is 2.17. The maximum Gasteiger partial charge on any atom is 0.243 e. The number of sulfonamides is 1. The molecule has 0 radical (unpaired) electrons. The molecule has 1 aromatic carbocycles. The molecule has 0 aromatic heterocycles. The molecule has 0 bridgehead atoms. The van der Waals surface area contributed by atoms with E-state index >= 15 is 0 Å². The number of aliphatic hydroxyl groups is 1. The van der Waals surface area contributed by atoms with E-state index in [4.69, 9.17) is 5.11 Å². The van der Waals surface area contributed by atoms with E-state index in [1.807, 2.05) is 6.07 Å². The Morgan fingerprint density at radius 1 is 1.44 bits per heavy atom. The maximum absolute atomic E-state index is 12.4. The zero-order valence-corrected chi connectivity index (χ0v) is 11.2. The first kappa shape index (κ1) is 13.5. The molecule has 1 aliphatic heterocycles. The minimum atomic E-state index is -3.50. The van der Waals surface area contributed by atoms with Crippen LogP contribution >= 0.6 is 0 Å². The predicted molar refractivity (Wildman–Crippen MR) is 68.8 cm³/mol. The maximum atomic E-state index is 12.4. The van der Waals surface area contributed by atoms with Crippen LogP contribution in [0.2, 0.25) is 0 Å². The van der Waals surface area contributed by atoms with Crippen LogP contribution in [0.1, 0.15) is 11.1 Å². The molecule has 1 aliphatic rings. The van der Waals surface area contributed by atoms with Gasteiger partial charge in [0.1, 0.15) is 0 Å². The Morgan fingerprint density at radius 2 is 2.22 bits per heavy atom. The van der Waals surface area contributed by atoms with E-state index in [1.54, 1.807) is 12.1 Å². The lowest BCUT2D eigenvalue weighted by Crippen LogP contribution is -2.32. The number of likely N-dealkylation sites (N-methyl/N-ethyl adjacent to an activating group) is 1. The molecule has 0 fully saturated rings. The zero-order valence-electron chi connectivity index (χ0n) is 10.4. The summed E-state index contributed by atoms with van der Waals surface area (Å²) in [6, 6.07) is 5.37. The molecule has 6 heteroatoms. The van der Waals surface area contributed by atoms with Crippen LogP contribution < -0.4 is 5.32 Å². The molecule has 0 aliphatic carbocycles. The molecular formula is C12H18N2O3S. The van der Waals surface area contributed by atoms with Gasteiger partial charge in [-0.05, 0) is 30.2 Å². The summed E-state index contributed by atoms with van der Waals surface area (Å²) in [6.07, 6.45) is 0.720. The molecule has 0 amide bonds. The average Bonchev–Trinajstić information content (AvgIpc) is 2.38. The van der Waals surface area contributed by atoms with Gasteiger partial charge >= 0.3 is 0 Å². The van der Waals surface area contributed by atoms with Crippen molar-refractivity contribution in [2.24, 2.45) is 0 Å². The van der Waals surface area contributed by atoms with Crippen molar-refractivity contribution >= 4 is 10.0 Å². The first-order valence-electron chi connectivity index (χ1n) is 5.96. The second-order valence-electron chi connectivity index (χ2n) is 4.37. The van der Waals surface area contributed by atoms with E-state index in [9.17, 15) is 8.42 Å². The van der Waals surface area contributed by atoms with Crippen LogP contribution in [0, 0.1) is 0 Å². The van der Waals surface area contributed by atoms with E-state index in [1.165, 1.54) is 11.4 Å². The molecule has 2 N–H and O–H groups in total. The van der Waals surface area contributed by atoms with Crippen LogP contribution in [0.4, 0.5) is 0 Å². The molecule has 5 nitrogen and oxygen atoms in total. The Hall–Kier alpha value is -0.950. The van der Waals surface area contributed by atoms with Crippen molar-refractivity contribution in [1.29, 1.82) is 0 Å². The highest BCUT2D eigenvalue weighted by Gasteiger charge is 2.25. The Bertz CT molecular complexity index is 528. The summed E-state index contributed by atoms with van der Waals surface area (Å²) < 4.78 is 26.0. The molecule has 0 atom stereocenters. The highest BCUT2D eigenvalue weighted by Crippen LogP contribution is 2.24. The predicted octanol–water partition coefficient (Wildman–Crippen LogP) is -0.0549. The van der Waals surface area contributed by atoms with Gasteiger partial charge in [0, 0.05) is 20.1 Å². The molecule has 1 aromatic rings. The van der Waals surface area contributed by atoms with Crippen molar-refractivity contribution < 1.29 is 13.5 Å². The minimum absolute atomic E-state index is 0.115. The normalized spacial score (nSPS) is 15.7. The number of nitrogens with one attached hydrogen (secondary N) is 1. The fourth-order valence-corrected chi connectivity index (χ4v) is 3.62. The third kappa shape index (κ3) is 2.42. The molecule has 0 unspecified atom stereocenters. The van der Waals surface area contributed by atoms with Crippen molar-refractivity contribution in [3.8, 4) is 0 Å². The summed E-state index contributed by atoms with van der Waals surface area (Å²) in [7, 11) is -2.00. The highest BCUT2D eigenvalue weighted by atomic mass is 32.2. The lowest BCUT2D eigenvalue weighted by atomic mass is 10.0. The van der Waals surface area contributed by atoms with Crippen LogP contribution in [0.25, 0.3) is 0 Å². The van der Waals surface area contributed by atoms with Crippen LogP contribution in [-0.2, 0) is 23.0 Å². The minimum Gasteiger partial charge on any atom is -0.395 e. The van der Waals surface area contributed by atoms with E-state index in [-0.39, 0.29) is 13.2 Å². The number of fused-ring (bicyclic) bond motifs is 1. The van der Waals surface area contributed by atoms with Gasteiger partial charge in [-0.25, -0.2) is 8.42 Å². The van der Waals surface area contributed by atoms with Gasteiger partial charge in [0.25, 0.3) is 0 Å². The van der Waals surface area contributed by atoms with Crippen molar-refractivity contribution in [3.63, 3.8) is 0 Å². The molecule has 0 saturated heterocycles. The van der Waals surface area contributed by atoms with E-state index < -0.39 is 10.0 Å². The monoisotopic (exact) mass is 270 g/mol. The van der Waals surface area contributed by atoms with Gasteiger partial charge in [0.15, 0.2) is 0 Å². The Balaban J connectivity index is 2.45. The summed E-state index contributed by atoms with van der Waals surface area (Å²) in [5.74, 6) is 0. The van der Waals surface area contributed by atoms with Crippen molar-refractivity contribution in [2.45, 2.75) is 17.9 Å². The SMILES string of the molecule is CN(CCO)S(=O)(=O)c1cccc2c1CCNC2. The zero-order chi connectivity index (χ0) is 13.2. The third-order valence-electron chi connectivity index (χ3n) is 3.20. The fraction of sp³-hybridized carbons (Fsp3) is 0.500. The average molecular weight is 270 g/mol.